The van der Waals surface area contributed by atoms with Crippen LogP contribution < -0.4 is 5.32 Å². The van der Waals surface area contributed by atoms with Crippen molar-refractivity contribution >= 4 is 23.1 Å². The Kier molecular flexibility index (Phi) is 3.86. The van der Waals surface area contributed by atoms with Gasteiger partial charge in [0, 0.05) is 4.90 Å². The lowest BCUT2D eigenvalue weighted by molar-refractivity contribution is 0.589. The molecule has 0 radical (unpaired) electrons. The van der Waals surface area contributed by atoms with E-state index in [9.17, 15) is 0 Å². The molecule has 1 aromatic carbocycles. The molecular weight excluding hydrogens is 274 g/mol. The van der Waals surface area contributed by atoms with E-state index in [0.29, 0.717) is 11.3 Å². The van der Waals surface area contributed by atoms with Crippen LogP contribution in [0.3, 0.4) is 0 Å². The van der Waals surface area contributed by atoms with Gasteiger partial charge < -0.3 is 5.32 Å². The highest BCUT2D eigenvalue weighted by Gasteiger charge is 2.26. The first-order chi connectivity index (χ1) is 9.28. The number of rotatable bonds is 4. The van der Waals surface area contributed by atoms with Gasteiger partial charge in [-0.2, -0.15) is 0 Å². The van der Waals surface area contributed by atoms with Gasteiger partial charge >= 0.3 is 0 Å². The maximum Gasteiger partial charge on any atom is 0.134 e. The van der Waals surface area contributed by atoms with E-state index in [2.05, 4.69) is 53.6 Å². The van der Waals surface area contributed by atoms with Crippen LogP contribution in [-0.2, 0) is 6.42 Å². The van der Waals surface area contributed by atoms with Crippen LogP contribution in [0.15, 0.2) is 29.2 Å². The first-order valence-corrected chi connectivity index (χ1v) is 8.28. The van der Waals surface area contributed by atoms with E-state index in [4.69, 9.17) is 0 Å². The molecule has 5 heteroatoms. The summed E-state index contributed by atoms with van der Waals surface area (Å²) in [6.07, 6.45) is 1.07. The molecule has 0 bridgehead atoms. The molecule has 1 aromatic heterocycles. The fraction of sp³-hybridized carbons (Fsp3) is 0.429. The summed E-state index contributed by atoms with van der Waals surface area (Å²) in [5, 5.41) is 14.8. The third-order valence-electron chi connectivity index (χ3n) is 3.26. The second kappa shape index (κ2) is 5.61. The molecule has 100 valence electrons. The molecule has 1 N–H and O–H groups in total. The van der Waals surface area contributed by atoms with Crippen LogP contribution in [0, 0.1) is 0 Å². The van der Waals surface area contributed by atoms with Crippen LogP contribution in [0.25, 0.3) is 0 Å². The molecule has 2 heterocycles. The Balaban J connectivity index is 1.75. The smallest absolute Gasteiger partial charge is 0.134 e. The van der Waals surface area contributed by atoms with Gasteiger partial charge in [0.15, 0.2) is 0 Å². The number of fused-ring (bicyclic) bond motifs is 1. The zero-order chi connectivity index (χ0) is 13.2. The Labute approximate surface area is 121 Å². The summed E-state index contributed by atoms with van der Waals surface area (Å²) in [5.74, 6) is 0. The predicted octanol–water partition coefficient (Wildman–Crippen LogP) is 3.60. The molecule has 0 amide bonds. The van der Waals surface area contributed by atoms with Crippen LogP contribution >= 0.6 is 23.1 Å². The van der Waals surface area contributed by atoms with Crippen molar-refractivity contribution in [3.05, 3.63) is 39.8 Å². The molecular formula is C14H17N3S2. The molecule has 0 spiro atoms. The Morgan fingerprint density at radius 2 is 2.21 bits per heavy atom. The van der Waals surface area contributed by atoms with Crippen molar-refractivity contribution < 1.29 is 0 Å². The number of nitrogens with zero attached hydrogens (tertiary/aromatic N) is 2. The zero-order valence-corrected chi connectivity index (χ0v) is 12.7. The van der Waals surface area contributed by atoms with Crippen LogP contribution in [0.4, 0.5) is 0 Å². The second-order valence-corrected chi connectivity index (χ2v) is 6.96. The Bertz CT molecular complexity index is 542. The van der Waals surface area contributed by atoms with Crippen LogP contribution in [0.5, 0.6) is 0 Å². The highest BCUT2D eigenvalue weighted by molar-refractivity contribution is 8.00. The van der Waals surface area contributed by atoms with Gasteiger partial charge in [-0.25, -0.2) is 0 Å². The number of nitrogens with one attached hydrogen (secondary N) is 1. The molecule has 1 aliphatic rings. The topological polar surface area (TPSA) is 37.8 Å². The molecule has 0 aliphatic carbocycles. The third-order valence-corrected chi connectivity index (χ3v) is 5.96. The molecule has 2 atom stereocenters. The van der Waals surface area contributed by atoms with Gasteiger partial charge in [0.1, 0.15) is 10.0 Å². The van der Waals surface area contributed by atoms with E-state index in [1.165, 1.54) is 10.5 Å². The molecule has 0 saturated heterocycles. The largest absolute Gasteiger partial charge is 0.308 e. The summed E-state index contributed by atoms with van der Waals surface area (Å²) in [4.78, 5) is 1.39. The molecule has 0 saturated carbocycles. The van der Waals surface area contributed by atoms with Gasteiger partial charge in [0.05, 0.1) is 11.3 Å². The standard InChI is InChI=1S/C14H17N3S2/c1-3-15-9(2)13-16-17-14(19-13)12-8-10-6-4-5-7-11(10)18-12/h4-7,9,12,15H,3,8H2,1-2H3. The molecule has 2 unspecified atom stereocenters. The second-order valence-electron chi connectivity index (χ2n) is 4.68. The van der Waals surface area contributed by atoms with Gasteiger partial charge in [0.2, 0.25) is 0 Å². The number of aromatic nitrogens is 2. The van der Waals surface area contributed by atoms with Crippen molar-refractivity contribution in [2.75, 3.05) is 6.54 Å². The quantitative estimate of drug-likeness (QED) is 0.934. The number of hydrogen-bond acceptors (Lipinski definition) is 5. The normalized spacial score (nSPS) is 19.4. The lowest BCUT2D eigenvalue weighted by atomic mass is 10.1. The van der Waals surface area contributed by atoms with Gasteiger partial charge in [-0.15, -0.1) is 22.0 Å². The number of thioether (sulfide) groups is 1. The molecule has 2 aromatic rings. The average molecular weight is 291 g/mol. The first kappa shape index (κ1) is 13.1. The fourth-order valence-electron chi connectivity index (χ4n) is 2.26. The minimum Gasteiger partial charge on any atom is -0.308 e. The molecule has 3 nitrogen and oxygen atoms in total. The SMILES string of the molecule is CCNC(C)c1nnc(C2Cc3ccccc3S2)s1. The highest BCUT2D eigenvalue weighted by Crippen LogP contribution is 2.47. The van der Waals surface area contributed by atoms with Crippen LogP contribution in [0.2, 0.25) is 0 Å². The van der Waals surface area contributed by atoms with Crippen molar-refractivity contribution in [1.82, 2.24) is 15.5 Å². The monoisotopic (exact) mass is 291 g/mol. The van der Waals surface area contributed by atoms with E-state index in [-0.39, 0.29) is 0 Å². The van der Waals surface area contributed by atoms with Crippen molar-refractivity contribution in [3.63, 3.8) is 0 Å². The summed E-state index contributed by atoms with van der Waals surface area (Å²) < 4.78 is 0. The lowest BCUT2D eigenvalue weighted by Gasteiger charge is -2.07. The lowest BCUT2D eigenvalue weighted by Crippen LogP contribution is -2.17. The van der Waals surface area contributed by atoms with E-state index in [1.54, 1.807) is 11.3 Å². The summed E-state index contributed by atoms with van der Waals surface area (Å²) >= 11 is 3.66. The van der Waals surface area contributed by atoms with Gasteiger partial charge in [-0.05, 0) is 31.5 Å². The Hall–Kier alpha value is -0.910. The Morgan fingerprint density at radius 1 is 1.37 bits per heavy atom. The van der Waals surface area contributed by atoms with Crippen molar-refractivity contribution in [2.24, 2.45) is 0 Å². The van der Waals surface area contributed by atoms with Gasteiger partial charge in [-0.3, -0.25) is 0 Å². The molecule has 3 rings (SSSR count). The van der Waals surface area contributed by atoms with E-state index in [0.717, 1.165) is 23.0 Å². The fourth-order valence-corrected chi connectivity index (χ4v) is 4.58. The third kappa shape index (κ3) is 2.68. The Morgan fingerprint density at radius 3 is 3.00 bits per heavy atom. The minimum atomic E-state index is 0.296. The molecule has 19 heavy (non-hydrogen) atoms. The summed E-state index contributed by atoms with van der Waals surface area (Å²) in [6.45, 7) is 5.21. The van der Waals surface area contributed by atoms with Crippen molar-refractivity contribution in [3.8, 4) is 0 Å². The summed E-state index contributed by atoms with van der Waals surface area (Å²) in [6, 6.07) is 8.92. The zero-order valence-electron chi connectivity index (χ0n) is 11.1. The van der Waals surface area contributed by atoms with E-state index < -0.39 is 0 Å². The molecule has 0 fully saturated rings. The summed E-state index contributed by atoms with van der Waals surface area (Å²) in [7, 11) is 0. The highest BCUT2D eigenvalue weighted by atomic mass is 32.2. The maximum absolute atomic E-state index is 4.39. The van der Waals surface area contributed by atoms with Gasteiger partial charge in [0.25, 0.3) is 0 Å². The van der Waals surface area contributed by atoms with Crippen molar-refractivity contribution in [2.45, 2.75) is 36.5 Å². The minimum absolute atomic E-state index is 0.296. The van der Waals surface area contributed by atoms with Crippen LogP contribution in [-0.4, -0.2) is 16.7 Å². The number of benzene rings is 1. The predicted molar refractivity (Wildman–Crippen MR) is 80.7 cm³/mol. The first-order valence-electron chi connectivity index (χ1n) is 6.59. The van der Waals surface area contributed by atoms with Crippen molar-refractivity contribution in [1.29, 1.82) is 0 Å². The maximum atomic E-state index is 4.39. The number of hydrogen-bond donors (Lipinski definition) is 1. The average Bonchev–Trinajstić information content (AvgIpc) is 3.05. The summed E-state index contributed by atoms with van der Waals surface area (Å²) in [5.41, 5.74) is 1.44. The van der Waals surface area contributed by atoms with E-state index >= 15 is 0 Å². The van der Waals surface area contributed by atoms with E-state index in [1.807, 2.05) is 11.8 Å². The van der Waals surface area contributed by atoms with Crippen LogP contribution in [0.1, 0.15) is 40.7 Å². The van der Waals surface area contributed by atoms with Gasteiger partial charge in [-0.1, -0.05) is 36.5 Å². The molecule has 1 aliphatic heterocycles.